The Morgan fingerprint density at radius 3 is 2.73 bits per heavy atom. The SMILES string of the molecule is CC(OC(=O)COc1ccc2c(c1)CCC(=O)N2)C(=O)Nc1ccc2c(c1)CCC2. The van der Waals surface area contributed by atoms with Crippen LogP contribution in [0, 0.1) is 0 Å². The van der Waals surface area contributed by atoms with Crippen LogP contribution in [0.25, 0.3) is 0 Å². The van der Waals surface area contributed by atoms with Gasteiger partial charge in [-0.15, -0.1) is 0 Å². The first kappa shape index (κ1) is 19.9. The lowest BCUT2D eigenvalue weighted by atomic mass is 10.0. The third kappa shape index (κ3) is 4.62. The third-order valence-electron chi connectivity index (χ3n) is 5.37. The minimum absolute atomic E-state index is 0.00750. The van der Waals surface area contributed by atoms with Gasteiger partial charge in [-0.05, 0) is 79.6 Å². The molecule has 2 N–H and O–H groups in total. The standard InChI is InChI=1S/C23H24N2O5/c1-14(23(28)24-18-7-5-15-3-2-4-16(15)11-18)30-22(27)13-29-19-8-9-20-17(12-19)6-10-21(26)25-20/h5,7-9,11-12,14H,2-4,6,10,13H2,1H3,(H,24,28)(H,25,26). The van der Waals surface area contributed by atoms with Crippen LogP contribution in [-0.2, 0) is 38.4 Å². The Morgan fingerprint density at radius 1 is 1.03 bits per heavy atom. The summed E-state index contributed by atoms with van der Waals surface area (Å²) in [7, 11) is 0. The van der Waals surface area contributed by atoms with E-state index >= 15 is 0 Å². The second-order valence-corrected chi connectivity index (χ2v) is 7.61. The highest BCUT2D eigenvalue weighted by molar-refractivity contribution is 5.95. The molecule has 2 aromatic rings. The molecule has 0 saturated heterocycles. The fraction of sp³-hybridized carbons (Fsp3) is 0.348. The van der Waals surface area contributed by atoms with Gasteiger partial charge in [0.1, 0.15) is 5.75 Å². The summed E-state index contributed by atoms with van der Waals surface area (Å²) in [6, 6.07) is 11.1. The van der Waals surface area contributed by atoms with Crippen LogP contribution >= 0.6 is 0 Å². The molecule has 7 nitrogen and oxygen atoms in total. The zero-order valence-corrected chi connectivity index (χ0v) is 16.8. The maximum Gasteiger partial charge on any atom is 0.344 e. The summed E-state index contributed by atoms with van der Waals surface area (Å²) >= 11 is 0. The first-order valence-corrected chi connectivity index (χ1v) is 10.2. The summed E-state index contributed by atoms with van der Waals surface area (Å²) in [5.74, 6) is -0.507. The maximum absolute atomic E-state index is 12.3. The molecule has 1 aliphatic carbocycles. The van der Waals surface area contributed by atoms with E-state index in [-0.39, 0.29) is 18.4 Å². The van der Waals surface area contributed by atoms with Crippen molar-refractivity contribution >= 4 is 29.2 Å². The van der Waals surface area contributed by atoms with Crippen molar-refractivity contribution in [3.8, 4) is 5.75 Å². The van der Waals surface area contributed by atoms with Gasteiger partial charge < -0.3 is 20.1 Å². The number of anilines is 2. The van der Waals surface area contributed by atoms with Gasteiger partial charge in [0.15, 0.2) is 12.7 Å². The van der Waals surface area contributed by atoms with Crippen molar-refractivity contribution in [3.63, 3.8) is 0 Å². The number of carbonyl (C=O) groups excluding carboxylic acids is 3. The van der Waals surface area contributed by atoms with E-state index in [1.165, 1.54) is 18.1 Å². The number of rotatable bonds is 6. The molecule has 0 spiro atoms. The highest BCUT2D eigenvalue weighted by atomic mass is 16.6. The van der Waals surface area contributed by atoms with Gasteiger partial charge in [-0.1, -0.05) is 6.07 Å². The summed E-state index contributed by atoms with van der Waals surface area (Å²) in [4.78, 5) is 35.8. The Balaban J connectivity index is 1.26. The summed E-state index contributed by atoms with van der Waals surface area (Å²) < 4.78 is 10.7. The Morgan fingerprint density at radius 2 is 1.87 bits per heavy atom. The van der Waals surface area contributed by atoms with E-state index in [1.807, 2.05) is 18.2 Å². The number of benzene rings is 2. The van der Waals surface area contributed by atoms with Crippen molar-refractivity contribution < 1.29 is 23.9 Å². The van der Waals surface area contributed by atoms with Crippen molar-refractivity contribution in [3.05, 3.63) is 53.1 Å². The molecule has 1 unspecified atom stereocenters. The minimum atomic E-state index is -0.937. The van der Waals surface area contributed by atoms with Gasteiger partial charge in [0.05, 0.1) is 0 Å². The van der Waals surface area contributed by atoms with Gasteiger partial charge in [0.25, 0.3) is 5.91 Å². The molecule has 0 fully saturated rings. The van der Waals surface area contributed by atoms with Gasteiger partial charge in [-0.25, -0.2) is 4.79 Å². The molecular weight excluding hydrogens is 384 g/mol. The summed E-state index contributed by atoms with van der Waals surface area (Å²) in [6.07, 6.45) is 3.36. The smallest absolute Gasteiger partial charge is 0.344 e. The normalized spacial score (nSPS) is 15.4. The molecule has 1 atom stereocenters. The number of hydrogen-bond donors (Lipinski definition) is 2. The van der Waals surface area contributed by atoms with E-state index in [1.54, 1.807) is 18.2 Å². The molecule has 7 heteroatoms. The van der Waals surface area contributed by atoms with Gasteiger partial charge in [0.2, 0.25) is 5.91 Å². The van der Waals surface area contributed by atoms with Crippen molar-refractivity contribution in [1.29, 1.82) is 0 Å². The number of aryl methyl sites for hydroxylation is 3. The lowest BCUT2D eigenvalue weighted by molar-refractivity contribution is -0.155. The zero-order valence-electron chi connectivity index (χ0n) is 16.8. The summed E-state index contributed by atoms with van der Waals surface area (Å²) in [5.41, 5.74) is 5.02. The molecule has 4 rings (SSSR count). The second-order valence-electron chi connectivity index (χ2n) is 7.61. The second kappa shape index (κ2) is 8.57. The minimum Gasteiger partial charge on any atom is -0.482 e. The van der Waals surface area contributed by atoms with Crippen LogP contribution < -0.4 is 15.4 Å². The first-order valence-electron chi connectivity index (χ1n) is 10.2. The quantitative estimate of drug-likeness (QED) is 0.717. The number of esters is 1. The molecule has 2 amide bonds. The Bertz CT molecular complexity index is 1000. The fourth-order valence-corrected chi connectivity index (χ4v) is 3.77. The van der Waals surface area contributed by atoms with Gasteiger partial charge in [-0.2, -0.15) is 0 Å². The van der Waals surface area contributed by atoms with E-state index in [0.717, 1.165) is 30.5 Å². The predicted molar refractivity (Wildman–Crippen MR) is 112 cm³/mol. The summed E-state index contributed by atoms with van der Waals surface area (Å²) in [6.45, 7) is 1.23. The average Bonchev–Trinajstić information content (AvgIpc) is 3.20. The van der Waals surface area contributed by atoms with Crippen molar-refractivity contribution in [2.45, 2.75) is 45.1 Å². The van der Waals surface area contributed by atoms with E-state index in [4.69, 9.17) is 9.47 Å². The summed E-state index contributed by atoms with van der Waals surface area (Å²) in [5, 5.41) is 5.59. The third-order valence-corrected chi connectivity index (χ3v) is 5.37. The zero-order chi connectivity index (χ0) is 21.1. The van der Waals surface area contributed by atoms with Crippen LogP contribution in [0.2, 0.25) is 0 Å². The number of fused-ring (bicyclic) bond motifs is 2. The highest BCUT2D eigenvalue weighted by Gasteiger charge is 2.20. The Hall–Kier alpha value is -3.35. The van der Waals surface area contributed by atoms with Gasteiger partial charge in [0, 0.05) is 17.8 Å². The molecule has 2 aromatic carbocycles. The lowest BCUT2D eigenvalue weighted by Gasteiger charge is -2.18. The van der Waals surface area contributed by atoms with E-state index in [2.05, 4.69) is 10.6 Å². The molecule has 156 valence electrons. The predicted octanol–water partition coefficient (Wildman–Crippen LogP) is 3.01. The number of amides is 2. The molecular formula is C23H24N2O5. The van der Waals surface area contributed by atoms with E-state index in [9.17, 15) is 14.4 Å². The molecule has 0 aromatic heterocycles. The van der Waals surface area contributed by atoms with Gasteiger partial charge in [-0.3, -0.25) is 9.59 Å². The van der Waals surface area contributed by atoms with Crippen LogP contribution in [0.4, 0.5) is 11.4 Å². The number of nitrogens with one attached hydrogen (secondary N) is 2. The van der Waals surface area contributed by atoms with Crippen LogP contribution in [0.1, 0.15) is 36.5 Å². The molecule has 0 saturated carbocycles. The van der Waals surface area contributed by atoms with Crippen LogP contribution in [-0.4, -0.2) is 30.5 Å². The molecule has 0 radical (unpaired) electrons. The van der Waals surface area contributed by atoms with Crippen LogP contribution in [0.5, 0.6) is 5.75 Å². The first-order chi connectivity index (χ1) is 14.5. The van der Waals surface area contributed by atoms with Crippen LogP contribution in [0.3, 0.4) is 0 Å². The highest BCUT2D eigenvalue weighted by Crippen LogP contribution is 2.27. The maximum atomic E-state index is 12.3. The lowest BCUT2D eigenvalue weighted by Crippen LogP contribution is -2.31. The molecule has 1 aliphatic heterocycles. The van der Waals surface area contributed by atoms with E-state index in [0.29, 0.717) is 24.3 Å². The van der Waals surface area contributed by atoms with E-state index < -0.39 is 12.1 Å². The topological polar surface area (TPSA) is 93.7 Å². The number of ether oxygens (including phenoxy) is 2. The van der Waals surface area contributed by atoms with Crippen molar-refractivity contribution in [2.24, 2.45) is 0 Å². The Labute approximate surface area is 174 Å². The van der Waals surface area contributed by atoms with Gasteiger partial charge >= 0.3 is 5.97 Å². The molecule has 30 heavy (non-hydrogen) atoms. The molecule has 1 heterocycles. The molecule has 0 bridgehead atoms. The number of hydrogen-bond acceptors (Lipinski definition) is 5. The fourth-order valence-electron chi connectivity index (χ4n) is 3.77. The van der Waals surface area contributed by atoms with Crippen molar-refractivity contribution in [1.82, 2.24) is 0 Å². The Kier molecular flexibility index (Phi) is 5.70. The number of carbonyl (C=O) groups is 3. The molecule has 2 aliphatic rings. The average molecular weight is 408 g/mol. The van der Waals surface area contributed by atoms with Crippen LogP contribution in [0.15, 0.2) is 36.4 Å². The van der Waals surface area contributed by atoms with Crippen molar-refractivity contribution in [2.75, 3.05) is 17.2 Å². The monoisotopic (exact) mass is 408 g/mol. The largest absolute Gasteiger partial charge is 0.482 e.